The molecule has 1 heterocycles. The molecule has 2 aromatic carbocycles. The van der Waals surface area contributed by atoms with Gasteiger partial charge in [-0.05, 0) is 61.5 Å². The molecule has 122 valence electrons. The molecular formula is C18H18N4OS. The monoisotopic (exact) mass is 338 g/mol. The highest BCUT2D eigenvalue weighted by Gasteiger charge is 2.09. The first-order chi connectivity index (χ1) is 11.7. The molecule has 0 atom stereocenters. The van der Waals surface area contributed by atoms with Gasteiger partial charge in [-0.25, -0.2) is 5.10 Å². The van der Waals surface area contributed by atoms with Crippen molar-refractivity contribution in [3.05, 3.63) is 64.4 Å². The van der Waals surface area contributed by atoms with Gasteiger partial charge in [-0.15, -0.1) is 0 Å². The van der Waals surface area contributed by atoms with Gasteiger partial charge < -0.3 is 4.74 Å². The zero-order valence-electron chi connectivity index (χ0n) is 13.6. The second-order valence-corrected chi connectivity index (χ2v) is 5.61. The largest absolute Gasteiger partial charge is 0.494 e. The predicted octanol–water partition coefficient (Wildman–Crippen LogP) is 4.20. The Kier molecular flexibility index (Phi) is 4.86. The van der Waals surface area contributed by atoms with E-state index in [4.69, 9.17) is 17.0 Å². The van der Waals surface area contributed by atoms with Gasteiger partial charge in [0.15, 0.2) is 5.82 Å². The summed E-state index contributed by atoms with van der Waals surface area (Å²) in [5.41, 5.74) is 3.06. The van der Waals surface area contributed by atoms with E-state index < -0.39 is 0 Å². The molecule has 0 aliphatic heterocycles. The molecule has 0 amide bonds. The number of hydrogen-bond acceptors (Lipinski definition) is 4. The van der Waals surface area contributed by atoms with Crippen LogP contribution in [0.5, 0.6) is 5.75 Å². The summed E-state index contributed by atoms with van der Waals surface area (Å²) >= 11 is 5.30. The Labute approximate surface area is 145 Å². The van der Waals surface area contributed by atoms with E-state index in [2.05, 4.69) is 15.3 Å². The first-order valence-electron chi connectivity index (χ1n) is 7.69. The molecule has 0 saturated heterocycles. The van der Waals surface area contributed by atoms with Crippen LogP contribution in [0.15, 0.2) is 53.6 Å². The molecule has 1 aromatic heterocycles. The fraction of sp³-hybridized carbons (Fsp3) is 0.167. The van der Waals surface area contributed by atoms with Crippen molar-refractivity contribution < 1.29 is 4.74 Å². The Balaban J connectivity index is 1.92. The van der Waals surface area contributed by atoms with Crippen molar-refractivity contribution >= 4 is 18.4 Å². The third-order valence-electron chi connectivity index (χ3n) is 3.55. The lowest BCUT2D eigenvalue weighted by Gasteiger charge is -2.04. The van der Waals surface area contributed by atoms with Gasteiger partial charge in [0.05, 0.1) is 12.8 Å². The molecule has 0 bridgehead atoms. The van der Waals surface area contributed by atoms with Crippen LogP contribution in [0.25, 0.3) is 11.4 Å². The average molecular weight is 338 g/mol. The number of aromatic amines is 1. The lowest BCUT2D eigenvalue weighted by Crippen LogP contribution is -1.96. The van der Waals surface area contributed by atoms with Crippen molar-refractivity contribution in [2.75, 3.05) is 6.61 Å². The van der Waals surface area contributed by atoms with E-state index in [1.807, 2.05) is 62.4 Å². The minimum atomic E-state index is 0.454. The van der Waals surface area contributed by atoms with Gasteiger partial charge in [-0.3, -0.25) is 0 Å². The summed E-state index contributed by atoms with van der Waals surface area (Å²) in [5, 5.41) is 11.6. The summed E-state index contributed by atoms with van der Waals surface area (Å²) in [7, 11) is 0. The highest BCUT2D eigenvalue weighted by Crippen LogP contribution is 2.21. The summed E-state index contributed by atoms with van der Waals surface area (Å²) in [6.07, 6.45) is 1.75. The first kappa shape index (κ1) is 16.1. The maximum absolute atomic E-state index is 5.44. The number of H-pyrrole nitrogens is 1. The van der Waals surface area contributed by atoms with Gasteiger partial charge in [0.1, 0.15) is 5.75 Å². The standard InChI is InChI=1S/C18H18N4OS/c1-3-23-15-10-8-14(9-11-15)12-19-22-17(20-21-18(22)24)16-7-5-4-6-13(16)2/h4-12H,3H2,1-2H3,(H,21,24)/b19-12+. The Morgan fingerprint density at radius 1 is 1.21 bits per heavy atom. The molecule has 5 nitrogen and oxygen atoms in total. The van der Waals surface area contributed by atoms with Crippen molar-refractivity contribution in [3.8, 4) is 17.1 Å². The average Bonchev–Trinajstić information content (AvgIpc) is 2.96. The fourth-order valence-electron chi connectivity index (χ4n) is 2.34. The van der Waals surface area contributed by atoms with E-state index in [1.165, 1.54) is 0 Å². The van der Waals surface area contributed by atoms with Crippen LogP contribution in [0.1, 0.15) is 18.1 Å². The number of ether oxygens (including phenoxy) is 1. The zero-order valence-corrected chi connectivity index (χ0v) is 14.4. The van der Waals surface area contributed by atoms with Crippen LogP contribution in [0.2, 0.25) is 0 Å². The fourth-order valence-corrected chi connectivity index (χ4v) is 2.52. The first-order valence-corrected chi connectivity index (χ1v) is 8.10. The third kappa shape index (κ3) is 3.44. The molecule has 0 fully saturated rings. The highest BCUT2D eigenvalue weighted by atomic mass is 32.1. The summed E-state index contributed by atoms with van der Waals surface area (Å²) in [5.74, 6) is 1.54. The number of benzene rings is 2. The number of hydrogen-bond donors (Lipinski definition) is 1. The van der Waals surface area contributed by atoms with Gasteiger partial charge in [0, 0.05) is 5.56 Å². The lowest BCUT2D eigenvalue weighted by molar-refractivity contribution is 0.340. The summed E-state index contributed by atoms with van der Waals surface area (Å²) in [6.45, 7) is 4.65. The van der Waals surface area contributed by atoms with E-state index in [1.54, 1.807) is 10.9 Å². The van der Waals surface area contributed by atoms with Crippen molar-refractivity contribution in [2.45, 2.75) is 13.8 Å². The summed E-state index contributed by atoms with van der Waals surface area (Å²) in [4.78, 5) is 0. The molecule has 3 aromatic rings. The van der Waals surface area contributed by atoms with E-state index in [9.17, 15) is 0 Å². The Morgan fingerprint density at radius 2 is 1.96 bits per heavy atom. The van der Waals surface area contributed by atoms with Crippen LogP contribution < -0.4 is 4.74 Å². The van der Waals surface area contributed by atoms with Crippen LogP contribution in [0.3, 0.4) is 0 Å². The smallest absolute Gasteiger partial charge is 0.216 e. The minimum Gasteiger partial charge on any atom is -0.494 e. The third-order valence-corrected chi connectivity index (χ3v) is 3.81. The molecule has 0 aliphatic rings. The van der Waals surface area contributed by atoms with Crippen molar-refractivity contribution in [1.29, 1.82) is 0 Å². The SMILES string of the molecule is CCOc1ccc(/C=N/n2c(-c3ccccc3C)n[nH]c2=S)cc1. The van der Waals surface area contributed by atoms with E-state index in [0.717, 1.165) is 22.4 Å². The molecular weight excluding hydrogens is 320 g/mol. The molecule has 3 rings (SSSR count). The normalized spacial score (nSPS) is 11.1. The van der Waals surface area contributed by atoms with Gasteiger partial charge >= 0.3 is 0 Å². The van der Waals surface area contributed by atoms with E-state index in [0.29, 0.717) is 17.2 Å². The van der Waals surface area contributed by atoms with Gasteiger partial charge in [0.25, 0.3) is 0 Å². The van der Waals surface area contributed by atoms with Crippen molar-refractivity contribution in [2.24, 2.45) is 5.10 Å². The lowest BCUT2D eigenvalue weighted by atomic mass is 10.1. The molecule has 6 heteroatoms. The number of aryl methyl sites for hydroxylation is 1. The molecule has 0 saturated carbocycles. The zero-order chi connectivity index (χ0) is 16.9. The minimum absolute atomic E-state index is 0.454. The van der Waals surface area contributed by atoms with Gasteiger partial charge in [0.2, 0.25) is 4.77 Å². The van der Waals surface area contributed by atoms with Crippen LogP contribution in [0.4, 0.5) is 0 Å². The molecule has 0 aliphatic carbocycles. The van der Waals surface area contributed by atoms with Gasteiger partial charge in [-0.2, -0.15) is 14.9 Å². The van der Waals surface area contributed by atoms with Crippen molar-refractivity contribution in [1.82, 2.24) is 14.9 Å². The van der Waals surface area contributed by atoms with Crippen LogP contribution >= 0.6 is 12.2 Å². The van der Waals surface area contributed by atoms with E-state index in [-0.39, 0.29) is 0 Å². The Morgan fingerprint density at radius 3 is 2.67 bits per heavy atom. The van der Waals surface area contributed by atoms with Crippen LogP contribution in [0, 0.1) is 11.7 Å². The quantitative estimate of drug-likeness (QED) is 0.560. The number of aromatic nitrogens is 3. The molecule has 0 spiro atoms. The summed E-state index contributed by atoms with van der Waals surface area (Å²) in [6, 6.07) is 15.7. The second kappa shape index (κ2) is 7.23. The molecule has 0 unspecified atom stereocenters. The predicted molar refractivity (Wildman–Crippen MR) is 98.2 cm³/mol. The second-order valence-electron chi connectivity index (χ2n) is 5.23. The summed E-state index contributed by atoms with van der Waals surface area (Å²) < 4.78 is 7.53. The Hall–Kier alpha value is -2.73. The van der Waals surface area contributed by atoms with Crippen LogP contribution in [-0.4, -0.2) is 27.7 Å². The van der Waals surface area contributed by atoms with Crippen LogP contribution in [-0.2, 0) is 0 Å². The number of rotatable bonds is 5. The number of nitrogens with one attached hydrogen (secondary N) is 1. The van der Waals surface area contributed by atoms with E-state index >= 15 is 0 Å². The number of nitrogens with zero attached hydrogens (tertiary/aromatic N) is 3. The molecule has 0 radical (unpaired) electrons. The van der Waals surface area contributed by atoms with Crippen molar-refractivity contribution in [3.63, 3.8) is 0 Å². The highest BCUT2D eigenvalue weighted by molar-refractivity contribution is 7.71. The Bertz CT molecular complexity index is 909. The maximum atomic E-state index is 5.44. The topological polar surface area (TPSA) is 55.2 Å². The van der Waals surface area contributed by atoms with Gasteiger partial charge in [-0.1, -0.05) is 24.3 Å². The molecule has 1 N–H and O–H groups in total. The maximum Gasteiger partial charge on any atom is 0.216 e. The molecule has 24 heavy (non-hydrogen) atoms.